The van der Waals surface area contributed by atoms with Crippen molar-refractivity contribution in [1.82, 2.24) is 5.32 Å². The molecule has 2 N–H and O–H groups in total. The summed E-state index contributed by atoms with van der Waals surface area (Å²) in [5, 5.41) is 6.07. The molecule has 0 saturated carbocycles. The predicted molar refractivity (Wildman–Crippen MR) is 52.0 cm³/mol. The first-order chi connectivity index (χ1) is 6.29. The average molecular weight is 176 g/mol. The minimum atomic E-state index is 0.0173. The van der Waals surface area contributed by atoms with Gasteiger partial charge in [0, 0.05) is 18.8 Å². The highest BCUT2D eigenvalue weighted by atomic mass is 16.1. The predicted octanol–water partition coefficient (Wildman–Crippen LogP) is 1.15. The highest BCUT2D eigenvalue weighted by molar-refractivity contribution is 6.00. The number of anilines is 1. The third-order valence-corrected chi connectivity index (χ3v) is 2.23. The maximum atomic E-state index is 11.5. The molecular formula is C10H12N2O. The zero-order chi connectivity index (χ0) is 9.26. The number of para-hydroxylation sites is 1. The Balaban J connectivity index is 2.54. The van der Waals surface area contributed by atoms with Crippen LogP contribution in [0.15, 0.2) is 18.2 Å². The molecule has 3 nitrogen and oxygen atoms in total. The molecule has 0 aliphatic carbocycles. The third kappa shape index (κ3) is 1.37. The van der Waals surface area contributed by atoms with Crippen LogP contribution in [0.25, 0.3) is 0 Å². The second kappa shape index (κ2) is 3.09. The number of nitrogens with one attached hydrogen (secondary N) is 2. The fourth-order valence-electron chi connectivity index (χ4n) is 1.55. The van der Waals surface area contributed by atoms with Crippen molar-refractivity contribution in [2.75, 3.05) is 18.4 Å². The molecule has 1 amide bonds. The van der Waals surface area contributed by atoms with Crippen LogP contribution in [0.3, 0.4) is 0 Å². The van der Waals surface area contributed by atoms with Crippen LogP contribution >= 0.6 is 0 Å². The van der Waals surface area contributed by atoms with Gasteiger partial charge in [-0.1, -0.05) is 12.1 Å². The molecular weight excluding hydrogens is 164 g/mol. The summed E-state index contributed by atoms with van der Waals surface area (Å²) in [5.74, 6) is 0.0173. The molecule has 0 spiro atoms. The number of benzene rings is 1. The topological polar surface area (TPSA) is 41.1 Å². The zero-order valence-corrected chi connectivity index (χ0v) is 7.55. The molecule has 0 unspecified atom stereocenters. The van der Waals surface area contributed by atoms with E-state index in [2.05, 4.69) is 10.6 Å². The van der Waals surface area contributed by atoms with Gasteiger partial charge in [0.05, 0.1) is 5.56 Å². The molecule has 0 atom stereocenters. The smallest absolute Gasteiger partial charge is 0.253 e. The Bertz CT molecular complexity index is 347. The number of carbonyl (C=O) groups is 1. The van der Waals surface area contributed by atoms with E-state index in [0.717, 1.165) is 23.4 Å². The quantitative estimate of drug-likeness (QED) is 0.622. The first-order valence-corrected chi connectivity index (χ1v) is 4.41. The second-order valence-electron chi connectivity index (χ2n) is 3.18. The fourth-order valence-corrected chi connectivity index (χ4v) is 1.55. The normalized spacial score (nSPS) is 15.3. The highest BCUT2D eigenvalue weighted by Crippen LogP contribution is 2.21. The van der Waals surface area contributed by atoms with Gasteiger partial charge in [0.1, 0.15) is 0 Å². The van der Waals surface area contributed by atoms with Crippen LogP contribution in [0.2, 0.25) is 0 Å². The summed E-state index contributed by atoms with van der Waals surface area (Å²) >= 11 is 0. The van der Waals surface area contributed by atoms with E-state index in [-0.39, 0.29) is 5.91 Å². The standard InChI is InChI=1S/C10H12N2O/c1-7-3-2-4-8-9(7)11-5-6-12-10(8)13/h2-4,11H,5-6H2,1H3,(H,12,13). The largest absolute Gasteiger partial charge is 0.382 e. The van der Waals surface area contributed by atoms with Gasteiger partial charge in [0.2, 0.25) is 0 Å². The van der Waals surface area contributed by atoms with Gasteiger partial charge in [-0.25, -0.2) is 0 Å². The van der Waals surface area contributed by atoms with Crippen LogP contribution in [0.1, 0.15) is 15.9 Å². The molecule has 1 aliphatic rings. The monoisotopic (exact) mass is 176 g/mol. The Morgan fingerprint density at radius 3 is 2.85 bits per heavy atom. The summed E-state index contributed by atoms with van der Waals surface area (Å²) in [6.45, 7) is 3.49. The molecule has 13 heavy (non-hydrogen) atoms. The molecule has 0 radical (unpaired) electrons. The maximum Gasteiger partial charge on any atom is 0.253 e. The zero-order valence-electron chi connectivity index (χ0n) is 7.55. The van der Waals surface area contributed by atoms with Crippen LogP contribution in [-0.4, -0.2) is 19.0 Å². The van der Waals surface area contributed by atoms with Crippen molar-refractivity contribution in [2.45, 2.75) is 6.92 Å². The van der Waals surface area contributed by atoms with Crippen molar-refractivity contribution in [1.29, 1.82) is 0 Å². The molecule has 1 aromatic carbocycles. The molecule has 3 heteroatoms. The Morgan fingerprint density at radius 1 is 1.23 bits per heavy atom. The molecule has 1 aliphatic heterocycles. The van der Waals surface area contributed by atoms with Crippen molar-refractivity contribution >= 4 is 11.6 Å². The summed E-state index contributed by atoms with van der Waals surface area (Å²) in [6, 6.07) is 5.75. The van der Waals surface area contributed by atoms with Gasteiger partial charge in [-0.05, 0) is 18.6 Å². The molecule has 0 aromatic heterocycles. The van der Waals surface area contributed by atoms with Gasteiger partial charge >= 0.3 is 0 Å². The van der Waals surface area contributed by atoms with Gasteiger partial charge in [0.25, 0.3) is 5.91 Å². The molecule has 0 fully saturated rings. The first kappa shape index (κ1) is 8.10. The van der Waals surface area contributed by atoms with E-state index in [4.69, 9.17) is 0 Å². The first-order valence-electron chi connectivity index (χ1n) is 4.41. The molecule has 0 bridgehead atoms. The van der Waals surface area contributed by atoms with E-state index in [1.165, 1.54) is 0 Å². The minimum Gasteiger partial charge on any atom is -0.382 e. The van der Waals surface area contributed by atoms with Gasteiger partial charge in [-0.2, -0.15) is 0 Å². The van der Waals surface area contributed by atoms with E-state index in [9.17, 15) is 4.79 Å². The number of amides is 1. The number of fused-ring (bicyclic) bond motifs is 1. The Labute approximate surface area is 77.1 Å². The fraction of sp³-hybridized carbons (Fsp3) is 0.300. The van der Waals surface area contributed by atoms with E-state index < -0.39 is 0 Å². The summed E-state index contributed by atoms with van der Waals surface area (Å²) in [6.07, 6.45) is 0. The Kier molecular flexibility index (Phi) is 1.93. The van der Waals surface area contributed by atoms with Gasteiger partial charge < -0.3 is 10.6 Å². The van der Waals surface area contributed by atoms with Crippen LogP contribution in [-0.2, 0) is 0 Å². The summed E-state index contributed by atoms with van der Waals surface area (Å²) in [4.78, 5) is 11.5. The van der Waals surface area contributed by atoms with Crippen molar-refractivity contribution in [3.05, 3.63) is 29.3 Å². The lowest BCUT2D eigenvalue weighted by atomic mass is 10.1. The second-order valence-corrected chi connectivity index (χ2v) is 3.18. The Hall–Kier alpha value is -1.51. The maximum absolute atomic E-state index is 11.5. The lowest BCUT2D eigenvalue weighted by Crippen LogP contribution is -2.24. The van der Waals surface area contributed by atoms with Crippen LogP contribution in [0, 0.1) is 6.92 Å². The van der Waals surface area contributed by atoms with E-state index in [1.807, 2.05) is 25.1 Å². The Morgan fingerprint density at radius 2 is 2.00 bits per heavy atom. The molecule has 2 rings (SSSR count). The number of carbonyl (C=O) groups excluding carboxylic acids is 1. The summed E-state index contributed by atoms with van der Waals surface area (Å²) < 4.78 is 0. The van der Waals surface area contributed by atoms with Crippen molar-refractivity contribution in [3.63, 3.8) is 0 Å². The van der Waals surface area contributed by atoms with Crippen molar-refractivity contribution in [3.8, 4) is 0 Å². The molecule has 0 saturated heterocycles. The molecule has 68 valence electrons. The number of aryl methyl sites for hydroxylation is 1. The van der Waals surface area contributed by atoms with Gasteiger partial charge in [0.15, 0.2) is 0 Å². The third-order valence-electron chi connectivity index (χ3n) is 2.23. The average Bonchev–Trinajstić information content (AvgIpc) is 2.30. The summed E-state index contributed by atoms with van der Waals surface area (Å²) in [5.41, 5.74) is 2.84. The lowest BCUT2D eigenvalue weighted by Gasteiger charge is -2.08. The van der Waals surface area contributed by atoms with Crippen LogP contribution in [0.4, 0.5) is 5.69 Å². The van der Waals surface area contributed by atoms with Gasteiger partial charge in [-0.15, -0.1) is 0 Å². The molecule has 1 heterocycles. The minimum absolute atomic E-state index is 0.0173. The van der Waals surface area contributed by atoms with Crippen molar-refractivity contribution in [2.24, 2.45) is 0 Å². The van der Waals surface area contributed by atoms with E-state index in [1.54, 1.807) is 0 Å². The van der Waals surface area contributed by atoms with E-state index in [0.29, 0.717) is 6.54 Å². The van der Waals surface area contributed by atoms with Crippen LogP contribution < -0.4 is 10.6 Å². The highest BCUT2D eigenvalue weighted by Gasteiger charge is 2.14. The number of hydrogen-bond donors (Lipinski definition) is 2. The van der Waals surface area contributed by atoms with Gasteiger partial charge in [-0.3, -0.25) is 4.79 Å². The SMILES string of the molecule is Cc1cccc2c1NCCNC2=O. The summed E-state index contributed by atoms with van der Waals surface area (Å²) in [7, 11) is 0. The number of rotatable bonds is 0. The molecule has 1 aromatic rings. The number of hydrogen-bond acceptors (Lipinski definition) is 2. The van der Waals surface area contributed by atoms with E-state index >= 15 is 0 Å². The van der Waals surface area contributed by atoms with Crippen LogP contribution in [0.5, 0.6) is 0 Å². The lowest BCUT2D eigenvalue weighted by molar-refractivity contribution is 0.0958. The van der Waals surface area contributed by atoms with Crippen molar-refractivity contribution < 1.29 is 4.79 Å².